The summed E-state index contributed by atoms with van der Waals surface area (Å²) in [7, 11) is 0. The Morgan fingerprint density at radius 3 is 3.06 bits per heavy atom. The minimum atomic E-state index is 0.451. The molecule has 0 radical (unpaired) electrons. The van der Waals surface area contributed by atoms with Crippen LogP contribution >= 0.6 is 11.3 Å². The van der Waals surface area contributed by atoms with Crippen molar-refractivity contribution >= 4 is 27.5 Å². The number of rotatable bonds is 5. The van der Waals surface area contributed by atoms with Crippen LogP contribution in [0, 0.1) is 6.92 Å². The van der Waals surface area contributed by atoms with Gasteiger partial charge in [-0.05, 0) is 19.9 Å². The Morgan fingerprint density at radius 1 is 1.53 bits per heavy atom. The number of hydrogen-bond acceptors (Lipinski definition) is 5. The Morgan fingerprint density at radius 2 is 2.35 bits per heavy atom. The number of nitrogens with one attached hydrogen (secondary N) is 1. The van der Waals surface area contributed by atoms with E-state index < -0.39 is 0 Å². The number of nitrogens with zero attached hydrogens (tertiary/aromatic N) is 2. The second kappa shape index (κ2) is 5.14. The smallest absolute Gasteiger partial charge is 0.227 e. The lowest BCUT2D eigenvalue weighted by molar-refractivity contribution is 0.353. The van der Waals surface area contributed by atoms with Crippen LogP contribution in [0.1, 0.15) is 11.8 Å². The predicted molar refractivity (Wildman–Crippen MR) is 72.0 cm³/mol. The number of hydrogen-bond donors (Lipinski definition) is 1. The summed E-state index contributed by atoms with van der Waals surface area (Å²) in [6, 6.07) is 2.05. The molecule has 90 valence electrons. The van der Waals surface area contributed by atoms with Crippen LogP contribution in [0.2, 0.25) is 0 Å². The average Bonchev–Trinajstić information content (AvgIpc) is 2.67. The largest absolute Gasteiger partial charge is 0.473 e. The lowest BCUT2D eigenvalue weighted by atomic mass is 10.3. The van der Waals surface area contributed by atoms with Gasteiger partial charge in [0.1, 0.15) is 11.4 Å². The highest BCUT2D eigenvalue weighted by atomic mass is 32.1. The number of ether oxygens (including phenoxy) is 1. The van der Waals surface area contributed by atoms with Crippen molar-refractivity contribution in [3.8, 4) is 5.88 Å². The molecule has 0 saturated carbocycles. The number of aryl methyl sites for hydroxylation is 1. The van der Waals surface area contributed by atoms with Crippen LogP contribution < -0.4 is 10.1 Å². The zero-order chi connectivity index (χ0) is 12.3. The number of anilines is 1. The van der Waals surface area contributed by atoms with E-state index in [9.17, 15) is 0 Å². The zero-order valence-electron chi connectivity index (χ0n) is 9.99. The fraction of sp³-hybridized carbons (Fsp3) is 0.333. The van der Waals surface area contributed by atoms with E-state index in [1.807, 2.05) is 13.0 Å². The maximum absolute atomic E-state index is 5.57. The fourth-order valence-electron chi connectivity index (χ4n) is 1.50. The molecule has 0 aliphatic rings. The molecule has 0 aromatic carbocycles. The normalized spacial score (nSPS) is 10.5. The van der Waals surface area contributed by atoms with Crippen LogP contribution in [-0.2, 0) is 0 Å². The molecule has 1 N–H and O–H groups in total. The van der Waals surface area contributed by atoms with E-state index >= 15 is 0 Å². The van der Waals surface area contributed by atoms with E-state index in [0.717, 1.165) is 16.8 Å². The number of aromatic nitrogens is 2. The molecule has 2 rings (SSSR count). The van der Waals surface area contributed by atoms with Crippen LogP contribution in [0.25, 0.3) is 10.2 Å². The minimum Gasteiger partial charge on any atom is -0.473 e. The SMILES string of the molecule is C=CCOc1nc(NCC)nc2sc(C)cc12. The van der Waals surface area contributed by atoms with E-state index in [2.05, 4.69) is 28.8 Å². The Labute approximate surface area is 104 Å². The molecule has 0 bridgehead atoms. The molecule has 0 spiro atoms. The number of thiophene rings is 1. The lowest BCUT2D eigenvalue weighted by Crippen LogP contribution is -2.04. The Balaban J connectivity index is 2.47. The van der Waals surface area contributed by atoms with E-state index in [1.165, 1.54) is 4.88 Å². The van der Waals surface area contributed by atoms with E-state index in [-0.39, 0.29) is 0 Å². The van der Waals surface area contributed by atoms with Crippen molar-refractivity contribution in [3.63, 3.8) is 0 Å². The van der Waals surface area contributed by atoms with Crippen LogP contribution in [0.3, 0.4) is 0 Å². The van der Waals surface area contributed by atoms with Crippen LogP contribution in [0.15, 0.2) is 18.7 Å². The van der Waals surface area contributed by atoms with Crippen molar-refractivity contribution in [3.05, 3.63) is 23.6 Å². The van der Waals surface area contributed by atoms with Crippen molar-refractivity contribution < 1.29 is 4.74 Å². The average molecular weight is 249 g/mol. The van der Waals surface area contributed by atoms with E-state index in [1.54, 1.807) is 17.4 Å². The molecule has 0 aliphatic heterocycles. The first-order chi connectivity index (χ1) is 8.24. The molecule has 0 amide bonds. The highest BCUT2D eigenvalue weighted by molar-refractivity contribution is 7.18. The van der Waals surface area contributed by atoms with Gasteiger partial charge in [-0.3, -0.25) is 0 Å². The first-order valence-corrected chi connectivity index (χ1v) is 6.32. The molecule has 2 aromatic rings. The third-order valence-electron chi connectivity index (χ3n) is 2.15. The fourth-order valence-corrected chi connectivity index (χ4v) is 2.37. The Kier molecular flexibility index (Phi) is 3.58. The maximum atomic E-state index is 5.57. The second-order valence-electron chi connectivity index (χ2n) is 3.56. The van der Waals surface area contributed by atoms with Crippen LogP contribution in [-0.4, -0.2) is 23.1 Å². The molecule has 2 aromatic heterocycles. The molecular weight excluding hydrogens is 234 g/mol. The van der Waals surface area contributed by atoms with Gasteiger partial charge in [-0.1, -0.05) is 12.7 Å². The Hall–Kier alpha value is -1.62. The minimum absolute atomic E-state index is 0.451. The highest BCUT2D eigenvalue weighted by Gasteiger charge is 2.10. The quantitative estimate of drug-likeness (QED) is 0.827. The highest BCUT2D eigenvalue weighted by Crippen LogP contribution is 2.30. The lowest BCUT2D eigenvalue weighted by Gasteiger charge is -2.06. The monoisotopic (exact) mass is 249 g/mol. The summed E-state index contributed by atoms with van der Waals surface area (Å²) >= 11 is 1.64. The summed E-state index contributed by atoms with van der Waals surface area (Å²) in [5, 5.41) is 4.07. The van der Waals surface area contributed by atoms with Gasteiger partial charge in [0.15, 0.2) is 0 Å². The molecule has 4 nitrogen and oxygen atoms in total. The molecule has 5 heteroatoms. The first kappa shape index (κ1) is 11.9. The molecule has 0 saturated heterocycles. The van der Waals surface area contributed by atoms with E-state index in [4.69, 9.17) is 4.74 Å². The standard InChI is InChI=1S/C12H15N3OS/c1-4-6-16-10-9-7-8(3)17-11(9)15-12(14-10)13-5-2/h4,7H,1,5-6H2,2-3H3,(H,13,14,15). The van der Waals surface area contributed by atoms with Gasteiger partial charge >= 0.3 is 0 Å². The van der Waals surface area contributed by atoms with Gasteiger partial charge in [0, 0.05) is 11.4 Å². The Bertz CT molecular complexity index is 536. The van der Waals surface area contributed by atoms with Crippen LogP contribution in [0.4, 0.5) is 5.95 Å². The van der Waals surface area contributed by atoms with Crippen LogP contribution in [0.5, 0.6) is 5.88 Å². The summed E-state index contributed by atoms with van der Waals surface area (Å²) < 4.78 is 5.57. The van der Waals surface area contributed by atoms with Crippen molar-refractivity contribution in [2.24, 2.45) is 0 Å². The van der Waals surface area contributed by atoms with Gasteiger partial charge in [0.2, 0.25) is 11.8 Å². The third-order valence-corrected chi connectivity index (χ3v) is 3.10. The van der Waals surface area contributed by atoms with Crippen molar-refractivity contribution in [1.29, 1.82) is 0 Å². The topological polar surface area (TPSA) is 47.0 Å². The summed E-state index contributed by atoms with van der Waals surface area (Å²) in [6.07, 6.45) is 1.71. The molecular formula is C12H15N3OS. The predicted octanol–water partition coefficient (Wildman–Crippen LogP) is 3.00. The van der Waals surface area contributed by atoms with Crippen molar-refractivity contribution in [2.45, 2.75) is 13.8 Å². The molecule has 17 heavy (non-hydrogen) atoms. The molecule has 0 aliphatic carbocycles. The van der Waals surface area contributed by atoms with Gasteiger partial charge in [-0.15, -0.1) is 11.3 Å². The molecule has 0 fully saturated rings. The van der Waals surface area contributed by atoms with Gasteiger partial charge < -0.3 is 10.1 Å². The molecule has 2 heterocycles. The van der Waals surface area contributed by atoms with Gasteiger partial charge in [-0.2, -0.15) is 4.98 Å². The van der Waals surface area contributed by atoms with Gasteiger partial charge in [0.05, 0.1) is 5.39 Å². The first-order valence-electron chi connectivity index (χ1n) is 5.50. The summed E-state index contributed by atoms with van der Waals surface area (Å²) in [6.45, 7) is 8.94. The van der Waals surface area contributed by atoms with Crippen molar-refractivity contribution in [2.75, 3.05) is 18.5 Å². The van der Waals surface area contributed by atoms with Gasteiger partial charge in [-0.25, -0.2) is 4.98 Å². The zero-order valence-corrected chi connectivity index (χ0v) is 10.8. The maximum Gasteiger partial charge on any atom is 0.227 e. The number of fused-ring (bicyclic) bond motifs is 1. The third kappa shape index (κ3) is 2.55. The molecule has 0 atom stereocenters. The van der Waals surface area contributed by atoms with Gasteiger partial charge in [0.25, 0.3) is 0 Å². The summed E-state index contributed by atoms with van der Waals surface area (Å²) in [5.41, 5.74) is 0. The summed E-state index contributed by atoms with van der Waals surface area (Å²) in [4.78, 5) is 11.0. The second-order valence-corrected chi connectivity index (χ2v) is 4.79. The molecule has 0 unspecified atom stereocenters. The summed E-state index contributed by atoms with van der Waals surface area (Å²) in [5.74, 6) is 1.23. The van der Waals surface area contributed by atoms with Crippen molar-refractivity contribution in [1.82, 2.24) is 9.97 Å². The van der Waals surface area contributed by atoms with E-state index in [0.29, 0.717) is 18.4 Å².